The van der Waals surface area contributed by atoms with Gasteiger partial charge in [0.15, 0.2) is 0 Å². The van der Waals surface area contributed by atoms with E-state index in [-0.39, 0.29) is 18.0 Å². The molecule has 0 heterocycles. The van der Waals surface area contributed by atoms with E-state index in [0.717, 1.165) is 6.08 Å². The molecular weight excluding hydrogens is 244 g/mol. The fourth-order valence-electron chi connectivity index (χ4n) is 2.31. The summed E-state index contributed by atoms with van der Waals surface area (Å²) in [5.74, 6) is -0.664. The van der Waals surface area contributed by atoms with Crippen molar-refractivity contribution < 1.29 is 19.1 Å². The minimum atomic E-state index is -0.567. The number of ether oxygens (including phenoxy) is 2. The van der Waals surface area contributed by atoms with Crippen molar-refractivity contribution in [3.8, 4) is 0 Å². The Kier molecular flexibility index (Phi) is 4.92. The van der Waals surface area contributed by atoms with Crippen molar-refractivity contribution in [2.24, 2.45) is 5.92 Å². The van der Waals surface area contributed by atoms with E-state index in [2.05, 4.69) is 13.2 Å². The van der Waals surface area contributed by atoms with Crippen LogP contribution in [0.3, 0.4) is 0 Å². The van der Waals surface area contributed by atoms with Crippen molar-refractivity contribution in [3.05, 3.63) is 24.8 Å². The number of esters is 2. The third-order valence-corrected chi connectivity index (χ3v) is 3.61. The summed E-state index contributed by atoms with van der Waals surface area (Å²) < 4.78 is 10.8. The van der Waals surface area contributed by atoms with Crippen molar-refractivity contribution in [1.29, 1.82) is 0 Å². The molecule has 1 aliphatic carbocycles. The fraction of sp³-hybridized carbons (Fsp3) is 0.600. The van der Waals surface area contributed by atoms with E-state index in [1.54, 1.807) is 6.92 Å². The quantitative estimate of drug-likeness (QED) is 0.567. The molecule has 0 aromatic rings. The van der Waals surface area contributed by atoms with E-state index in [1.807, 2.05) is 13.8 Å². The SMILES string of the molecule is C=CC(=O)OC1CCC(OC(=O)C(=C)C)(C(C)C)C1. The summed E-state index contributed by atoms with van der Waals surface area (Å²) in [6, 6.07) is 0. The predicted octanol–water partition coefficient (Wildman–Crippen LogP) is 2.78. The highest BCUT2D eigenvalue weighted by atomic mass is 16.6. The lowest BCUT2D eigenvalue weighted by Gasteiger charge is -2.33. The van der Waals surface area contributed by atoms with Crippen LogP contribution in [0, 0.1) is 5.92 Å². The number of hydrogen-bond donors (Lipinski definition) is 0. The lowest BCUT2D eigenvalue weighted by atomic mass is 9.88. The van der Waals surface area contributed by atoms with Crippen molar-refractivity contribution in [1.82, 2.24) is 0 Å². The Hall–Kier alpha value is -1.58. The first-order valence-electron chi connectivity index (χ1n) is 6.52. The van der Waals surface area contributed by atoms with E-state index in [4.69, 9.17) is 9.47 Å². The van der Waals surface area contributed by atoms with Crippen LogP contribution in [0.15, 0.2) is 24.8 Å². The second-order valence-electron chi connectivity index (χ2n) is 5.40. The van der Waals surface area contributed by atoms with Gasteiger partial charge in [0.05, 0.1) is 0 Å². The van der Waals surface area contributed by atoms with Gasteiger partial charge in [-0.1, -0.05) is 27.0 Å². The second-order valence-corrected chi connectivity index (χ2v) is 5.40. The van der Waals surface area contributed by atoms with E-state index < -0.39 is 11.6 Å². The molecule has 1 rings (SSSR count). The molecule has 0 aliphatic heterocycles. The lowest BCUT2D eigenvalue weighted by Crippen LogP contribution is -2.39. The molecule has 0 amide bonds. The fourth-order valence-corrected chi connectivity index (χ4v) is 2.31. The number of hydrogen-bond acceptors (Lipinski definition) is 4. The monoisotopic (exact) mass is 266 g/mol. The van der Waals surface area contributed by atoms with Crippen LogP contribution < -0.4 is 0 Å². The Bertz CT molecular complexity index is 397. The van der Waals surface area contributed by atoms with Gasteiger partial charge in [0.1, 0.15) is 11.7 Å². The zero-order chi connectivity index (χ0) is 14.6. The summed E-state index contributed by atoms with van der Waals surface area (Å²) in [5, 5.41) is 0. The molecule has 2 atom stereocenters. The lowest BCUT2D eigenvalue weighted by molar-refractivity contribution is -0.161. The molecule has 1 saturated carbocycles. The molecule has 0 bridgehead atoms. The summed E-state index contributed by atoms with van der Waals surface area (Å²) in [4.78, 5) is 23.0. The molecule has 106 valence electrons. The van der Waals surface area contributed by atoms with Gasteiger partial charge in [0, 0.05) is 18.1 Å². The van der Waals surface area contributed by atoms with Crippen LogP contribution in [0.25, 0.3) is 0 Å². The van der Waals surface area contributed by atoms with Crippen molar-refractivity contribution in [2.45, 2.75) is 51.7 Å². The summed E-state index contributed by atoms with van der Waals surface area (Å²) in [5.41, 5.74) is -0.186. The largest absolute Gasteiger partial charge is 0.459 e. The highest BCUT2D eigenvalue weighted by Crippen LogP contribution is 2.41. The zero-order valence-corrected chi connectivity index (χ0v) is 11.9. The summed E-state index contributed by atoms with van der Waals surface area (Å²) >= 11 is 0. The molecule has 19 heavy (non-hydrogen) atoms. The van der Waals surface area contributed by atoms with E-state index in [9.17, 15) is 9.59 Å². The van der Waals surface area contributed by atoms with E-state index in [1.165, 1.54) is 0 Å². The molecule has 0 aromatic heterocycles. The van der Waals surface area contributed by atoms with Crippen molar-refractivity contribution in [2.75, 3.05) is 0 Å². The molecule has 4 nitrogen and oxygen atoms in total. The number of carbonyl (C=O) groups is 2. The van der Waals surface area contributed by atoms with Crippen LogP contribution >= 0.6 is 0 Å². The average Bonchev–Trinajstić information content (AvgIpc) is 2.73. The highest BCUT2D eigenvalue weighted by Gasteiger charge is 2.46. The standard InChI is InChI=1S/C15H22O4/c1-6-13(16)18-12-7-8-15(9-12,11(4)5)19-14(17)10(2)3/h6,11-12H,1-2,7-9H2,3-5H3. The van der Waals surface area contributed by atoms with Gasteiger partial charge in [-0.15, -0.1) is 0 Å². The highest BCUT2D eigenvalue weighted by molar-refractivity contribution is 5.87. The van der Waals surface area contributed by atoms with Gasteiger partial charge < -0.3 is 9.47 Å². The minimum Gasteiger partial charge on any atom is -0.459 e. The van der Waals surface area contributed by atoms with Crippen LogP contribution in [-0.2, 0) is 19.1 Å². The first-order valence-corrected chi connectivity index (χ1v) is 6.52. The number of carbonyl (C=O) groups excluding carboxylic acids is 2. The molecule has 4 heteroatoms. The third-order valence-electron chi connectivity index (χ3n) is 3.61. The van der Waals surface area contributed by atoms with Gasteiger partial charge >= 0.3 is 11.9 Å². The maximum Gasteiger partial charge on any atom is 0.333 e. The van der Waals surface area contributed by atoms with Gasteiger partial charge in [-0.25, -0.2) is 9.59 Å². The van der Waals surface area contributed by atoms with Gasteiger partial charge in [0.2, 0.25) is 0 Å². The summed E-state index contributed by atoms with van der Waals surface area (Å²) in [6.45, 7) is 12.6. The van der Waals surface area contributed by atoms with Crippen LogP contribution in [0.1, 0.15) is 40.0 Å². The van der Waals surface area contributed by atoms with Crippen molar-refractivity contribution >= 4 is 11.9 Å². The Morgan fingerprint density at radius 1 is 1.42 bits per heavy atom. The average molecular weight is 266 g/mol. The maximum atomic E-state index is 11.7. The Labute approximate surface area is 114 Å². The molecule has 2 unspecified atom stereocenters. The zero-order valence-electron chi connectivity index (χ0n) is 11.9. The van der Waals surface area contributed by atoms with Gasteiger partial charge in [0.25, 0.3) is 0 Å². The van der Waals surface area contributed by atoms with Crippen LogP contribution in [0.2, 0.25) is 0 Å². The second kappa shape index (κ2) is 6.04. The maximum absolute atomic E-state index is 11.7. The number of rotatable bonds is 5. The molecule has 0 aromatic carbocycles. The molecule has 1 fully saturated rings. The van der Waals surface area contributed by atoms with E-state index >= 15 is 0 Å². The Morgan fingerprint density at radius 3 is 2.53 bits per heavy atom. The normalized spacial score (nSPS) is 26.0. The Balaban J connectivity index is 2.75. The topological polar surface area (TPSA) is 52.6 Å². The first-order chi connectivity index (χ1) is 8.80. The smallest absolute Gasteiger partial charge is 0.333 e. The van der Waals surface area contributed by atoms with Crippen LogP contribution in [0.5, 0.6) is 0 Å². The molecule has 0 radical (unpaired) electrons. The Morgan fingerprint density at radius 2 is 2.05 bits per heavy atom. The van der Waals surface area contributed by atoms with Crippen molar-refractivity contribution in [3.63, 3.8) is 0 Å². The molecule has 0 spiro atoms. The third kappa shape index (κ3) is 3.69. The molecule has 1 aliphatic rings. The molecule has 0 saturated heterocycles. The van der Waals surface area contributed by atoms with Crippen LogP contribution in [-0.4, -0.2) is 23.6 Å². The summed E-state index contributed by atoms with van der Waals surface area (Å²) in [7, 11) is 0. The predicted molar refractivity (Wildman–Crippen MR) is 72.4 cm³/mol. The van der Waals surface area contributed by atoms with Gasteiger partial charge in [-0.3, -0.25) is 0 Å². The van der Waals surface area contributed by atoms with Gasteiger partial charge in [-0.05, 0) is 25.7 Å². The van der Waals surface area contributed by atoms with Crippen LogP contribution in [0.4, 0.5) is 0 Å². The van der Waals surface area contributed by atoms with Gasteiger partial charge in [-0.2, -0.15) is 0 Å². The molecular formula is C15H22O4. The van der Waals surface area contributed by atoms with E-state index in [0.29, 0.717) is 24.8 Å². The first kappa shape index (κ1) is 15.5. The minimum absolute atomic E-state index is 0.156. The molecule has 0 N–H and O–H groups in total. The summed E-state index contributed by atoms with van der Waals surface area (Å²) in [6.07, 6.45) is 2.85.